The highest BCUT2D eigenvalue weighted by Crippen LogP contribution is 2.31. The first-order valence-electron chi connectivity index (χ1n) is 6.89. The fourth-order valence-corrected chi connectivity index (χ4v) is 5.50. The van der Waals surface area contributed by atoms with Crippen LogP contribution in [-0.4, -0.2) is 27.0 Å². The lowest BCUT2D eigenvalue weighted by Gasteiger charge is -2.28. The number of sulfonamides is 1. The van der Waals surface area contributed by atoms with Crippen LogP contribution in [0.15, 0.2) is 28.5 Å². The van der Waals surface area contributed by atoms with Gasteiger partial charge in [0.2, 0.25) is 10.0 Å². The summed E-state index contributed by atoms with van der Waals surface area (Å²) < 4.78 is 29.1. The van der Waals surface area contributed by atoms with Gasteiger partial charge in [0, 0.05) is 21.8 Å². The lowest BCUT2D eigenvalue weighted by Crippen LogP contribution is -2.46. The van der Waals surface area contributed by atoms with Crippen molar-refractivity contribution in [1.82, 2.24) is 10.0 Å². The minimum atomic E-state index is -3.46. The number of thiophene rings is 1. The second-order valence-corrected chi connectivity index (χ2v) is 8.91. The Morgan fingerprint density at radius 2 is 2.19 bits per heavy atom. The molecule has 0 saturated carbocycles. The summed E-state index contributed by atoms with van der Waals surface area (Å²) in [5, 5.41) is 4.80. The largest absolute Gasteiger partial charge is 0.314 e. The lowest BCUT2D eigenvalue weighted by atomic mass is 10.0. The van der Waals surface area contributed by atoms with Crippen molar-refractivity contribution in [3.05, 3.63) is 29.3 Å². The first-order valence-corrected chi connectivity index (χ1v) is 9.56. The van der Waals surface area contributed by atoms with Gasteiger partial charge in [0.15, 0.2) is 0 Å². The van der Waals surface area contributed by atoms with Crippen LogP contribution in [0.2, 0.25) is 5.02 Å². The third-order valence-electron chi connectivity index (χ3n) is 3.67. The molecule has 114 valence electrons. The van der Waals surface area contributed by atoms with Gasteiger partial charge in [0.1, 0.15) is 4.21 Å². The molecule has 0 aliphatic carbocycles. The summed E-state index contributed by atoms with van der Waals surface area (Å²) in [6, 6.07) is 7.46. The van der Waals surface area contributed by atoms with Crippen molar-refractivity contribution in [3.8, 4) is 0 Å². The molecule has 0 amide bonds. The highest BCUT2D eigenvalue weighted by atomic mass is 35.5. The fourth-order valence-electron chi connectivity index (χ4n) is 2.64. The van der Waals surface area contributed by atoms with Gasteiger partial charge in [-0.3, -0.25) is 0 Å². The van der Waals surface area contributed by atoms with E-state index in [2.05, 4.69) is 17.0 Å². The van der Waals surface area contributed by atoms with E-state index in [-0.39, 0.29) is 6.04 Å². The van der Waals surface area contributed by atoms with Crippen LogP contribution in [0.25, 0.3) is 10.1 Å². The van der Waals surface area contributed by atoms with E-state index in [4.69, 9.17) is 11.6 Å². The SMILES string of the molecule is CC1CC(NS(=O)(=O)c2cc3cc(Cl)ccc3s2)CCN1. The molecule has 1 aliphatic rings. The van der Waals surface area contributed by atoms with Crippen LogP contribution in [0.3, 0.4) is 0 Å². The molecular weight excluding hydrogens is 328 g/mol. The Balaban J connectivity index is 1.85. The molecule has 0 radical (unpaired) electrons. The van der Waals surface area contributed by atoms with Crippen molar-refractivity contribution in [2.45, 2.75) is 36.1 Å². The normalized spacial score (nSPS) is 23.5. The van der Waals surface area contributed by atoms with Crippen molar-refractivity contribution in [1.29, 1.82) is 0 Å². The Labute approximate surface area is 133 Å². The molecule has 2 atom stereocenters. The molecule has 7 heteroatoms. The average molecular weight is 345 g/mol. The molecule has 2 aromatic rings. The van der Waals surface area contributed by atoms with E-state index in [9.17, 15) is 8.42 Å². The molecule has 3 rings (SSSR count). The second-order valence-electron chi connectivity index (χ2n) is 5.45. The molecule has 21 heavy (non-hydrogen) atoms. The minimum absolute atomic E-state index is 0.0000465. The molecule has 2 heterocycles. The molecule has 0 bridgehead atoms. The highest BCUT2D eigenvalue weighted by molar-refractivity contribution is 7.91. The van der Waals surface area contributed by atoms with E-state index in [0.717, 1.165) is 29.5 Å². The Hall–Kier alpha value is -0.660. The Kier molecular flexibility index (Phi) is 4.25. The van der Waals surface area contributed by atoms with Gasteiger partial charge >= 0.3 is 0 Å². The van der Waals surface area contributed by atoms with Gasteiger partial charge in [-0.1, -0.05) is 11.6 Å². The molecule has 1 aromatic heterocycles. The maximum absolute atomic E-state index is 12.5. The van der Waals surface area contributed by atoms with Gasteiger partial charge in [-0.25, -0.2) is 13.1 Å². The quantitative estimate of drug-likeness (QED) is 0.900. The number of halogens is 1. The van der Waals surface area contributed by atoms with Crippen LogP contribution >= 0.6 is 22.9 Å². The van der Waals surface area contributed by atoms with Crippen LogP contribution < -0.4 is 10.0 Å². The van der Waals surface area contributed by atoms with Crippen molar-refractivity contribution in [2.75, 3.05) is 6.54 Å². The van der Waals surface area contributed by atoms with Crippen LogP contribution in [0.4, 0.5) is 0 Å². The van der Waals surface area contributed by atoms with E-state index in [0.29, 0.717) is 15.3 Å². The van der Waals surface area contributed by atoms with Crippen LogP contribution in [0.1, 0.15) is 19.8 Å². The molecule has 4 nitrogen and oxygen atoms in total. The summed E-state index contributed by atoms with van der Waals surface area (Å²) in [7, 11) is -3.46. The molecule has 0 spiro atoms. The van der Waals surface area contributed by atoms with Crippen molar-refractivity contribution >= 4 is 43.0 Å². The van der Waals surface area contributed by atoms with Gasteiger partial charge < -0.3 is 5.32 Å². The van der Waals surface area contributed by atoms with Gasteiger partial charge in [0.05, 0.1) is 0 Å². The monoisotopic (exact) mass is 344 g/mol. The predicted molar refractivity (Wildman–Crippen MR) is 87.6 cm³/mol. The maximum atomic E-state index is 12.5. The summed E-state index contributed by atoms with van der Waals surface area (Å²) in [5.41, 5.74) is 0. The summed E-state index contributed by atoms with van der Waals surface area (Å²) in [6.07, 6.45) is 1.64. The standard InChI is InChI=1S/C14H17ClN2O2S2/c1-9-6-12(4-5-16-9)17-21(18,19)14-8-10-7-11(15)2-3-13(10)20-14/h2-3,7-9,12,16-17H,4-6H2,1H3. The number of nitrogens with one attached hydrogen (secondary N) is 2. The Morgan fingerprint density at radius 1 is 1.38 bits per heavy atom. The fraction of sp³-hybridized carbons (Fsp3) is 0.429. The number of hydrogen-bond acceptors (Lipinski definition) is 4. The molecule has 1 aliphatic heterocycles. The van der Waals surface area contributed by atoms with Crippen molar-refractivity contribution < 1.29 is 8.42 Å². The smallest absolute Gasteiger partial charge is 0.250 e. The van der Waals surface area contributed by atoms with Crippen molar-refractivity contribution in [3.63, 3.8) is 0 Å². The Bertz CT molecular complexity index is 757. The number of hydrogen-bond donors (Lipinski definition) is 2. The third-order valence-corrected chi connectivity index (χ3v) is 7.01. The number of fused-ring (bicyclic) bond motifs is 1. The summed E-state index contributed by atoms with van der Waals surface area (Å²) in [4.78, 5) is 0. The molecule has 1 fully saturated rings. The zero-order chi connectivity index (χ0) is 15.0. The van der Waals surface area contributed by atoms with Gasteiger partial charge in [-0.05, 0) is 56.0 Å². The molecule has 2 N–H and O–H groups in total. The van der Waals surface area contributed by atoms with E-state index in [1.54, 1.807) is 18.2 Å². The van der Waals surface area contributed by atoms with Gasteiger partial charge in [0.25, 0.3) is 0 Å². The number of piperidine rings is 1. The van der Waals surface area contributed by atoms with E-state index >= 15 is 0 Å². The van der Waals surface area contributed by atoms with Crippen molar-refractivity contribution in [2.24, 2.45) is 0 Å². The Morgan fingerprint density at radius 3 is 2.95 bits per heavy atom. The number of benzene rings is 1. The maximum Gasteiger partial charge on any atom is 0.250 e. The van der Waals surface area contributed by atoms with Gasteiger partial charge in [-0.15, -0.1) is 11.3 Å². The van der Waals surface area contributed by atoms with Gasteiger partial charge in [-0.2, -0.15) is 0 Å². The molecular formula is C14H17ClN2O2S2. The molecule has 2 unspecified atom stereocenters. The third kappa shape index (κ3) is 3.40. The zero-order valence-electron chi connectivity index (χ0n) is 11.6. The topological polar surface area (TPSA) is 58.2 Å². The zero-order valence-corrected chi connectivity index (χ0v) is 14.0. The summed E-state index contributed by atoms with van der Waals surface area (Å²) >= 11 is 7.22. The average Bonchev–Trinajstić information content (AvgIpc) is 2.82. The van der Waals surface area contributed by atoms with Crippen LogP contribution in [-0.2, 0) is 10.0 Å². The summed E-state index contributed by atoms with van der Waals surface area (Å²) in [5.74, 6) is 0. The van der Waals surface area contributed by atoms with E-state index < -0.39 is 10.0 Å². The molecule has 1 aromatic carbocycles. The van der Waals surface area contributed by atoms with Crippen LogP contribution in [0, 0.1) is 0 Å². The van der Waals surface area contributed by atoms with E-state index in [1.807, 2.05) is 6.07 Å². The minimum Gasteiger partial charge on any atom is -0.314 e. The number of rotatable bonds is 3. The summed E-state index contributed by atoms with van der Waals surface area (Å²) in [6.45, 7) is 2.91. The molecule has 1 saturated heterocycles. The first kappa shape index (κ1) is 15.2. The lowest BCUT2D eigenvalue weighted by molar-refractivity contribution is 0.361. The highest BCUT2D eigenvalue weighted by Gasteiger charge is 2.25. The second kappa shape index (κ2) is 5.85. The van der Waals surface area contributed by atoms with Crippen LogP contribution in [0.5, 0.6) is 0 Å². The van der Waals surface area contributed by atoms with E-state index in [1.165, 1.54) is 11.3 Å². The first-order chi connectivity index (χ1) is 9.94. The predicted octanol–water partition coefficient (Wildman–Crippen LogP) is 2.97.